The fourth-order valence-corrected chi connectivity index (χ4v) is 1.96. The molecule has 1 unspecified atom stereocenters. The number of methoxy groups -OCH3 is 1. The lowest BCUT2D eigenvalue weighted by Crippen LogP contribution is -2.57. The summed E-state index contributed by atoms with van der Waals surface area (Å²) in [5.74, 6) is -0.420. The Kier molecular flexibility index (Phi) is 4.89. The van der Waals surface area contributed by atoms with Crippen LogP contribution in [-0.4, -0.2) is 50.7 Å². The molecule has 98 valence electrons. The lowest BCUT2D eigenvalue weighted by molar-refractivity contribution is -0.148. The molecule has 2 amide bonds. The summed E-state index contributed by atoms with van der Waals surface area (Å²) in [7, 11) is 3.08. The van der Waals surface area contributed by atoms with Gasteiger partial charge in [-0.05, 0) is 32.9 Å². The summed E-state index contributed by atoms with van der Waals surface area (Å²) in [5, 5.41) is 8.36. The zero-order valence-corrected chi connectivity index (χ0v) is 10.6. The number of rotatable bonds is 4. The Balaban J connectivity index is 2.63. The Morgan fingerprint density at radius 1 is 1.35 bits per heavy atom. The van der Waals surface area contributed by atoms with Crippen LogP contribution in [0.4, 0.5) is 0 Å². The first-order valence-electron chi connectivity index (χ1n) is 5.84. The van der Waals surface area contributed by atoms with Gasteiger partial charge in [0.15, 0.2) is 0 Å². The van der Waals surface area contributed by atoms with E-state index in [0.717, 1.165) is 13.1 Å². The van der Waals surface area contributed by atoms with Crippen LogP contribution in [0.15, 0.2) is 0 Å². The quantitative estimate of drug-likeness (QED) is 0.592. The van der Waals surface area contributed by atoms with Crippen molar-refractivity contribution in [1.82, 2.24) is 16.0 Å². The molecule has 0 bridgehead atoms. The van der Waals surface area contributed by atoms with Crippen molar-refractivity contribution in [2.45, 2.75) is 31.4 Å². The van der Waals surface area contributed by atoms with Crippen molar-refractivity contribution in [3.63, 3.8) is 0 Å². The molecule has 1 rings (SSSR count). The van der Waals surface area contributed by atoms with Gasteiger partial charge in [0.2, 0.25) is 5.91 Å². The fourth-order valence-electron chi connectivity index (χ4n) is 1.96. The second-order valence-electron chi connectivity index (χ2n) is 4.26. The average Bonchev–Trinajstić information content (AvgIpc) is 2.38. The minimum Gasteiger partial charge on any atom is -0.368 e. The topological polar surface area (TPSA) is 79.5 Å². The molecule has 3 N–H and O–H groups in total. The van der Waals surface area contributed by atoms with Crippen LogP contribution in [0.25, 0.3) is 0 Å². The highest BCUT2D eigenvalue weighted by atomic mass is 16.5. The molecule has 0 aromatic carbocycles. The SMILES string of the molecule is CNC(=O)C(C)NC(=O)C1(OC)CCNCC1. The summed E-state index contributed by atoms with van der Waals surface area (Å²) in [6.07, 6.45) is 1.24. The second kappa shape index (κ2) is 5.97. The van der Waals surface area contributed by atoms with E-state index in [9.17, 15) is 9.59 Å². The summed E-state index contributed by atoms with van der Waals surface area (Å²) in [6, 6.07) is -0.547. The van der Waals surface area contributed by atoms with E-state index in [1.54, 1.807) is 14.0 Å². The number of hydrogen-bond acceptors (Lipinski definition) is 4. The maximum atomic E-state index is 12.1. The Hall–Kier alpha value is -1.14. The zero-order valence-electron chi connectivity index (χ0n) is 10.6. The van der Waals surface area contributed by atoms with E-state index in [-0.39, 0.29) is 11.8 Å². The third kappa shape index (κ3) is 3.17. The third-order valence-electron chi connectivity index (χ3n) is 3.20. The molecule has 0 radical (unpaired) electrons. The average molecular weight is 243 g/mol. The molecule has 1 saturated heterocycles. The number of ether oxygens (including phenoxy) is 1. The number of hydrogen-bond donors (Lipinski definition) is 3. The third-order valence-corrected chi connectivity index (χ3v) is 3.20. The summed E-state index contributed by atoms with van der Waals surface area (Å²) < 4.78 is 5.37. The molecule has 17 heavy (non-hydrogen) atoms. The van der Waals surface area contributed by atoms with Gasteiger partial charge >= 0.3 is 0 Å². The fraction of sp³-hybridized carbons (Fsp3) is 0.818. The van der Waals surface area contributed by atoms with Crippen molar-refractivity contribution in [2.24, 2.45) is 0 Å². The van der Waals surface area contributed by atoms with Crippen LogP contribution < -0.4 is 16.0 Å². The van der Waals surface area contributed by atoms with Gasteiger partial charge in [0, 0.05) is 14.2 Å². The standard InChI is InChI=1S/C11H21N3O3/c1-8(9(15)12-2)14-10(16)11(17-3)4-6-13-7-5-11/h8,13H,4-7H2,1-3H3,(H,12,15)(H,14,16). The van der Waals surface area contributed by atoms with Gasteiger partial charge in [-0.3, -0.25) is 9.59 Å². The number of nitrogens with one attached hydrogen (secondary N) is 3. The van der Waals surface area contributed by atoms with Crippen LogP contribution >= 0.6 is 0 Å². The zero-order chi connectivity index (χ0) is 12.9. The van der Waals surface area contributed by atoms with E-state index < -0.39 is 11.6 Å². The molecule has 0 aromatic heterocycles. The Labute approximate surface area is 101 Å². The van der Waals surface area contributed by atoms with Crippen LogP contribution in [0, 0.1) is 0 Å². The smallest absolute Gasteiger partial charge is 0.252 e. The first-order valence-corrected chi connectivity index (χ1v) is 5.84. The predicted octanol–water partition coefficient (Wildman–Crippen LogP) is -0.994. The van der Waals surface area contributed by atoms with E-state index >= 15 is 0 Å². The molecule has 0 aromatic rings. The summed E-state index contributed by atoms with van der Waals surface area (Å²) in [6.45, 7) is 3.15. The van der Waals surface area contributed by atoms with Crippen molar-refractivity contribution in [2.75, 3.05) is 27.2 Å². The lowest BCUT2D eigenvalue weighted by atomic mass is 9.91. The molecular weight excluding hydrogens is 222 g/mol. The van der Waals surface area contributed by atoms with Gasteiger partial charge < -0.3 is 20.7 Å². The normalized spacial score (nSPS) is 20.4. The lowest BCUT2D eigenvalue weighted by Gasteiger charge is -2.35. The number of amides is 2. The molecule has 1 aliphatic heterocycles. The van der Waals surface area contributed by atoms with E-state index in [4.69, 9.17) is 4.74 Å². The van der Waals surface area contributed by atoms with Gasteiger partial charge in [-0.2, -0.15) is 0 Å². The summed E-state index contributed by atoms with van der Waals surface area (Å²) in [5.41, 5.74) is -0.798. The summed E-state index contributed by atoms with van der Waals surface area (Å²) in [4.78, 5) is 23.5. The van der Waals surface area contributed by atoms with E-state index in [2.05, 4.69) is 16.0 Å². The molecule has 6 nitrogen and oxygen atoms in total. The van der Waals surface area contributed by atoms with Crippen molar-refractivity contribution in [1.29, 1.82) is 0 Å². The van der Waals surface area contributed by atoms with Crippen LogP contribution in [0.5, 0.6) is 0 Å². The summed E-state index contributed by atoms with van der Waals surface area (Å²) >= 11 is 0. The minimum absolute atomic E-state index is 0.210. The van der Waals surface area contributed by atoms with Gasteiger partial charge in [-0.25, -0.2) is 0 Å². The molecule has 1 aliphatic rings. The van der Waals surface area contributed by atoms with E-state index in [1.165, 1.54) is 7.11 Å². The molecule has 0 aliphatic carbocycles. The molecule has 0 spiro atoms. The number of piperidine rings is 1. The number of carbonyl (C=O) groups excluding carboxylic acids is 2. The Morgan fingerprint density at radius 2 is 1.94 bits per heavy atom. The van der Waals surface area contributed by atoms with E-state index in [0.29, 0.717) is 12.8 Å². The van der Waals surface area contributed by atoms with Crippen molar-refractivity contribution >= 4 is 11.8 Å². The van der Waals surface area contributed by atoms with Crippen LogP contribution in [-0.2, 0) is 14.3 Å². The van der Waals surface area contributed by atoms with Gasteiger partial charge in [0.05, 0.1) is 0 Å². The van der Waals surface area contributed by atoms with Crippen molar-refractivity contribution in [3.8, 4) is 0 Å². The van der Waals surface area contributed by atoms with Crippen molar-refractivity contribution < 1.29 is 14.3 Å². The van der Waals surface area contributed by atoms with Crippen LogP contribution in [0.2, 0.25) is 0 Å². The molecule has 0 saturated carbocycles. The van der Waals surface area contributed by atoms with Gasteiger partial charge in [-0.1, -0.05) is 0 Å². The Bertz CT molecular complexity index is 288. The maximum absolute atomic E-state index is 12.1. The molecule has 1 atom stereocenters. The number of likely N-dealkylation sites (N-methyl/N-ethyl adjacent to an activating group) is 1. The highest BCUT2D eigenvalue weighted by Crippen LogP contribution is 2.22. The molecule has 1 fully saturated rings. The largest absolute Gasteiger partial charge is 0.368 e. The minimum atomic E-state index is -0.798. The predicted molar refractivity (Wildman–Crippen MR) is 63.5 cm³/mol. The Morgan fingerprint density at radius 3 is 2.41 bits per heavy atom. The first kappa shape index (κ1) is 13.9. The molecular formula is C11H21N3O3. The molecule has 6 heteroatoms. The van der Waals surface area contributed by atoms with Gasteiger partial charge in [-0.15, -0.1) is 0 Å². The number of carbonyl (C=O) groups is 2. The maximum Gasteiger partial charge on any atom is 0.252 e. The van der Waals surface area contributed by atoms with Crippen LogP contribution in [0.3, 0.4) is 0 Å². The molecule has 1 heterocycles. The van der Waals surface area contributed by atoms with Crippen LogP contribution in [0.1, 0.15) is 19.8 Å². The second-order valence-corrected chi connectivity index (χ2v) is 4.26. The highest BCUT2D eigenvalue weighted by Gasteiger charge is 2.40. The monoisotopic (exact) mass is 243 g/mol. The van der Waals surface area contributed by atoms with Gasteiger partial charge in [0.25, 0.3) is 5.91 Å². The van der Waals surface area contributed by atoms with Gasteiger partial charge in [0.1, 0.15) is 11.6 Å². The first-order chi connectivity index (χ1) is 8.05. The van der Waals surface area contributed by atoms with E-state index in [1.807, 2.05) is 0 Å². The highest BCUT2D eigenvalue weighted by molar-refractivity contribution is 5.91. The van der Waals surface area contributed by atoms with Crippen molar-refractivity contribution in [3.05, 3.63) is 0 Å².